The quantitative estimate of drug-likeness (QED) is 0.735. The van der Waals surface area contributed by atoms with E-state index in [1.54, 1.807) is 4.90 Å². The molecule has 2 atom stereocenters. The number of sulfone groups is 1. The van der Waals surface area contributed by atoms with Crippen LogP contribution in [-0.2, 0) is 21.1 Å². The average Bonchev–Trinajstić information content (AvgIpc) is 3.09. The van der Waals surface area contributed by atoms with E-state index in [0.717, 1.165) is 5.56 Å². The summed E-state index contributed by atoms with van der Waals surface area (Å²) in [5, 5.41) is 0.132. The summed E-state index contributed by atoms with van der Waals surface area (Å²) in [6, 6.07) is 13.1. The number of halogens is 2. The molecule has 1 amide bonds. The van der Waals surface area contributed by atoms with Crippen molar-refractivity contribution in [3.05, 3.63) is 64.9 Å². The lowest BCUT2D eigenvalue weighted by molar-refractivity contribution is -0.117. The SMILES string of the molecule is O=C(Cc1ccccc1)N=C1SC2CS(=O)(=O)CC2N1c1ccc(F)c(Cl)c1. The van der Waals surface area contributed by atoms with Crippen molar-refractivity contribution >= 4 is 50.0 Å². The molecule has 146 valence electrons. The summed E-state index contributed by atoms with van der Waals surface area (Å²) >= 11 is 7.19. The second-order valence-electron chi connectivity index (χ2n) is 6.72. The molecule has 4 rings (SSSR count). The number of amidine groups is 1. The van der Waals surface area contributed by atoms with Crippen LogP contribution < -0.4 is 4.90 Å². The summed E-state index contributed by atoms with van der Waals surface area (Å²) in [5.74, 6) is -0.896. The van der Waals surface area contributed by atoms with E-state index in [2.05, 4.69) is 4.99 Å². The normalized spacial score (nSPS) is 24.5. The summed E-state index contributed by atoms with van der Waals surface area (Å²) in [6.45, 7) is 0. The van der Waals surface area contributed by atoms with Crippen LogP contribution in [0.3, 0.4) is 0 Å². The van der Waals surface area contributed by atoms with Gasteiger partial charge in [-0.15, -0.1) is 0 Å². The minimum Gasteiger partial charge on any atom is -0.316 e. The van der Waals surface area contributed by atoms with Gasteiger partial charge in [-0.1, -0.05) is 53.7 Å². The Hall–Kier alpha value is -1.90. The van der Waals surface area contributed by atoms with Gasteiger partial charge in [0.1, 0.15) is 5.82 Å². The van der Waals surface area contributed by atoms with Crippen LogP contribution in [0.15, 0.2) is 53.5 Å². The fourth-order valence-corrected chi connectivity index (χ4v) is 7.52. The molecule has 28 heavy (non-hydrogen) atoms. The third kappa shape index (κ3) is 3.94. The van der Waals surface area contributed by atoms with Crippen LogP contribution in [0.25, 0.3) is 0 Å². The first kappa shape index (κ1) is 19.4. The summed E-state index contributed by atoms with van der Waals surface area (Å²) in [4.78, 5) is 18.4. The molecular weight excluding hydrogens is 423 g/mol. The zero-order valence-corrected chi connectivity index (χ0v) is 17.0. The molecule has 0 aromatic heterocycles. The highest BCUT2D eigenvalue weighted by molar-refractivity contribution is 8.16. The van der Waals surface area contributed by atoms with Crippen LogP contribution in [-0.4, -0.2) is 42.3 Å². The Bertz CT molecular complexity index is 1060. The number of rotatable bonds is 3. The van der Waals surface area contributed by atoms with E-state index in [1.165, 1.54) is 30.0 Å². The van der Waals surface area contributed by atoms with Gasteiger partial charge in [-0.25, -0.2) is 12.8 Å². The summed E-state index contributed by atoms with van der Waals surface area (Å²) in [7, 11) is -3.17. The number of carbonyl (C=O) groups excluding carboxylic acids is 1. The summed E-state index contributed by atoms with van der Waals surface area (Å²) in [5.41, 5.74) is 1.37. The topological polar surface area (TPSA) is 66.8 Å². The van der Waals surface area contributed by atoms with E-state index in [9.17, 15) is 17.6 Å². The Labute approximate surface area is 171 Å². The fraction of sp³-hybridized carbons (Fsp3) is 0.263. The predicted octanol–water partition coefficient (Wildman–Crippen LogP) is 3.32. The first-order valence-corrected chi connectivity index (χ1v) is 11.7. The van der Waals surface area contributed by atoms with Gasteiger partial charge in [-0.05, 0) is 23.8 Å². The molecule has 0 spiro atoms. The Morgan fingerprint density at radius 2 is 1.96 bits per heavy atom. The number of hydrogen-bond acceptors (Lipinski definition) is 4. The maximum Gasteiger partial charge on any atom is 0.252 e. The molecule has 2 aliphatic heterocycles. The minimum absolute atomic E-state index is 0.0274. The van der Waals surface area contributed by atoms with E-state index < -0.39 is 15.7 Å². The lowest BCUT2D eigenvalue weighted by Crippen LogP contribution is -2.37. The Morgan fingerprint density at radius 3 is 2.68 bits per heavy atom. The first-order valence-electron chi connectivity index (χ1n) is 8.59. The van der Waals surface area contributed by atoms with Gasteiger partial charge in [-0.3, -0.25) is 4.79 Å². The number of thioether (sulfide) groups is 1. The monoisotopic (exact) mass is 438 g/mol. The van der Waals surface area contributed by atoms with Gasteiger partial charge in [0.25, 0.3) is 5.91 Å². The first-order chi connectivity index (χ1) is 13.3. The highest BCUT2D eigenvalue weighted by atomic mass is 35.5. The number of fused-ring (bicyclic) bond motifs is 1. The van der Waals surface area contributed by atoms with E-state index in [-0.39, 0.29) is 40.1 Å². The van der Waals surface area contributed by atoms with Crippen molar-refractivity contribution in [3.63, 3.8) is 0 Å². The third-order valence-corrected chi connectivity index (χ3v) is 8.17. The lowest BCUT2D eigenvalue weighted by Gasteiger charge is -2.24. The van der Waals surface area contributed by atoms with Crippen molar-refractivity contribution in [2.45, 2.75) is 17.7 Å². The number of hydrogen-bond donors (Lipinski definition) is 0. The van der Waals surface area contributed by atoms with Gasteiger partial charge in [0.2, 0.25) is 0 Å². The number of aliphatic imine (C=N–C) groups is 1. The summed E-state index contributed by atoms with van der Waals surface area (Å²) < 4.78 is 37.7. The van der Waals surface area contributed by atoms with Crippen LogP contribution in [0.5, 0.6) is 0 Å². The number of anilines is 1. The second-order valence-corrected chi connectivity index (χ2v) is 10.5. The smallest absolute Gasteiger partial charge is 0.252 e. The van der Waals surface area contributed by atoms with Gasteiger partial charge < -0.3 is 4.90 Å². The fourth-order valence-electron chi connectivity index (χ4n) is 3.42. The number of carbonyl (C=O) groups is 1. The zero-order chi connectivity index (χ0) is 19.9. The van der Waals surface area contributed by atoms with Crippen molar-refractivity contribution in [3.8, 4) is 0 Å². The molecule has 0 saturated carbocycles. The van der Waals surface area contributed by atoms with Crippen molar-refractivity contribution in [2.24, 2.45) is 4.99 Å². The molecule has 2 unspecified atom stereocenters. The van der Waals surface area contributed by atoms with Crippen molar-refractivity contribution in [1.29, 1.82) is 0 Å². The maximum atomic E-state index is 13.6. The van der Waals surface area contributed by atoms with Crippen molar-refractivity contribution in [1.82, 2.24) is 0 Å². The van der Waals surface area contributed by atoms with Crippen LogP contribution in [0, 0.1) is 5.82 Å². The molecule has 2 heterocycles. The molecule has 2 aromatic carbocycles. The standard InChI is InChI=1S/C19H16ClFN2O3S2/c20-14-9-13(6-7-15(14)21)23-16-10-28(25,26)11-17(16)27-19(23)22-18(24)8-12-4-2-1-3-5-12/h1-7,9,16-17H,8,10-11H2. The molecule has 0 bridgehead atoms. The zero-order valence-electron chi connectivity index (χ0n) is 14.6. The van der Waals surface area contributed by atoms with E-state index in [1.807, 2.05) is 30.3 Å². The molecule has 0 N–H and O–H groups in total. The van der Waals surface area contributed by atoms with Gasteiger partial charge in [0, 0.05) is 10.9 Å². The third-order valence-electron chi connectivity index (χ3n) is 4.67. The molecule has 0 radical (unpaired) electrons. The Kier molecular flexibility index (Phi) is 5.20. The predicted molar refractivity (Wildman–Crippen MR) is 110 cm³/mol. The molecule has 2 saturated heterocycles. The highest BCUT2D eigenvalue weighted by Gasteiger charge is 2.49. The van der Waals surface area contributed by atoms with Gasteiger partial charge in [0.15, 0.2) is 15.0 Å². The molecular formula is C19H16ClFN2O3S2. The van der Waals surface area contributed by atoms with Crippen LogP contribution >= 0.6 is 23.4 Å². The number of benzene rings is 2. The lowest BCUT2D eigenvalue weighted by atomic mass is 10.1. The van der Waals surface area contributed by atoms with Crippen LogP contribution in [0.1, 0.15) is 5.56 Å². The largest absolute Gasteiger partial charge is 0.316 e. The van der Waals surface area contributed by atoms with Gasteiger partial charge in [-0.2, -0.15) is 4.99 Å². The molecule has 0 aliphatic carbocycles. The molecule has 9 heteroatoms. The molecule has 5 nitrogen and oxygen atoms in total. The van der Waals surface area contributed by atoms with Crippen LogP contribution in [0.2, 0.25) is 5.02 Å². The summed E-state index contributed by atoms with van der Waals surface area (Å²) in [6.07, 6.45) is 0.149. The minimum atomic E-state index is -3.17. The average molecular weight is 439 g/mol. The molecule has 2 fully saturated rings. The van der Waals surface area contributed by atoms with Gasteiger partial charge >= 0.3 is 0 Å². The maximum absolute atomic E-state index is 13.6. The van der Waals surface area contributed by atoms with Crippen molar-refractivity contribution < 1.29 is 17.6 Å². The molecule has 2 aliphatic rings. The molecule has 2 aromatic rings. The van der Waals surface area contributed by atoms with E-state index >= 15 is 0 Å². The van der Waals surface area contributed by atoms with Crippen LogP contribution in [0.4, 0.5) is 10.1 Å². The van der Waals surface area contributed by atoms with E-state index in [0.29, 0.717) is 10.9 Å². The van der Waals surface area contributed by atoms with Gasteiger partial charge in [0.05, 0.1) is 29.0 Å². The number of amides is 1. The Balaban J connectivity index is 1.67. The van der Waals surface area contributed by atoms with Crippen molar-refractivity contribution in [2.75, 3.05) is 16.4 Å². The highest BCUT2D eigenvalue weighted by Crippen LogP contribution is 2.41. The number of nitrogens with zero attached hydrogens (tertiary/aromatic N) is 2. The van der Waals surface area contributed by atoms with E-state index in [4.69, 9.17) is 11.6 Å². The second kappa shape index (κ2) is 7.50. The Morgan fingerprint density at radius 1 is 1.21 bits per heavy atom.